The Morgan fingerprint density at radius 2 is 2.23 bits per heavy atom. The second-order valence-corrected chi connectivity index (χ2v) is 7.40. The molecule has 1 aromatic heterocycles. The van der Waals surface area contributed by atoms with Crippen LogP contribution in [0.1, 0.15) is 55.8 Å². The van der Waals surface area contributed by atoms with Gasteiger partial charge in [-0.1, -0.05) is 30.7 Å². The third-order valence-corrected chi connectivity index (χ3v) is 5.82. The van der Waals surface area contributed by atoms with Crippen LogP contribution in [0.15, 0.2) is 36.4 Å². The highest BCUT2D eigenvalue weighted by molar-refractivity contribution is 6.32. The summed E-state index contributed by atoms with van der Waals surface area (Å²) in [6.07, 6.45) is 13.0. The first kappa shape index (κ1) is 14.1. The molecule has 2 aromatic rings. The van der Waals surface area contributed by atoms with Crippen molar-refractivity contribution in [3.8, 4) is 0 Å². The highest BCUT2D eigenvalue weighted by atomic mass is 35.5. The Hall–Kier alpha value is -1.54. The van der Waals surface area contributed by atoms with Crippen LogP contribution in [-0.2, 0) is 11.8 Å². The minimum absolute atomic E-state index is 0.229. The molecule has 0 saturated heterocycles. The number of benzene rings is 1. The molecule has 0 radical (unpaired) electrons. The summed E-state index contributed by atoms with van der Waals surface area (Å²) >= 11 is 6.55. The molecule has 114 valence electrons. The number of hydrogen-bond acceptors (Lipinski definition) is 1. The number of aryl methyl sites for hydroxylation is 1. The molecule has 0 bridgehead atoms. The Morgan fingerprint density at radius 3 is 3.00 bits per heavy atom. The van der Waals surface area contributed by atoms with E-state index in [1.54, 1.807) is 0 Å². The maximum absolute atomic E-state index is 6.55. The smallest absolute Gasteiger partial charge is 0.0951 e. The van der Waals surface area contributed by atoms with Gasteiger partial charge in [0.05, 0.1) is 12.4 Å². The van der Waals surface area contributed by atoms with E-state index in [-0.39, 0.29) is 5.41 Å². The third-order valence-electron chi connectivity index (χ3n) is 5.49. The van der Waals surface area contributed by atoms with Crippen LogP contribution in [0.4, 0.5) is 0 Å². The van der Waals surface area contributed by atoms with Crippen molar-refractivity contribution in [2.24, 2.45) is 0 Å². The molecule has 2 atom stereocenters. The number of hydrogen-bond donors (Lipinski definition) is 0. The lowest BCUT2D eigenvalue weighted by atomic mass is 9.63. The molecule has 1 heterocycles. The summed E-state index contributed by atoms with van der Waals surface area (Å²) in [6, 6.07) is 4.63. The van der Waals surface area contributed by atoms with E-state index in [1.807, 2.05) is 18.7 Å². The molecular formula is C19H21ClN2. The summed E-state index contributed by atoms with van der Waals surface area (Å²) < 4.78 is 2.18. The van der Waals surface area contributed by atoms with E-state index in [9.17, 15) is 0 Å². The standard InChI is InChI=1S/C19H21ClN2/c1-13(22-9-8-21-12-22)15-10-16-17(20)6-5-14-4-3-7-19(2,11-15)18(14)16/h5-6,8-10,12-13H,3-4,7,11H2,1-2H3. The molecule has 3 heteroatoms. The number of aromatic nitrogens is 2. The van der Waals surface area contributed by atoms with Crippen LogP contribution in [0.3, 0.4) is 0 Å². The lowest BCUT2D eigenvalue weighted by molar-refractivity contribution is 0.372. The molecule has 2 unspecified atom stereocenters. The fourth-order valence-corrected chi connectivity index (χ4v) is 4.53. The van der Waals surface area contributed by atoms with Crippen LogP contribution in [0.25, 0.3) is 6.08 Å². The molecule has 0 N–H and O–H groups in total. The quantitative estimate of drug-likeness (QED) is 0.747. The van der Waals surface area contributed by atoms with Gasteiger partial charge in [-0.2, -0.15) is 0 Å². The zero-order valence-corrected chi connectivity index (χ0v) is 13.9. The van der Waals surface area contributed by atoms with Crippen molar-refractivity contribution in [3.05, 3.63) is 58.1 Å². The lowest BCUT2D eigenvalue weighted by Gasteiger charge is -2.42. The monoisotopic (exact) mass is 312 g/mol. The van der Waals surface area contributed by atoms with E-state index < -0.39 is 0 Å². The van der Waals surface area contributed by atoms with E-state index in [0.717, 1.165) is 11.4 Å². The predicted molar refractivity (Wildman–Crippen MR) is 91.3 cm³/mol. The largest absolute Gasteiger partial charge is 0.331 e. The first-order valence-electron chi connectivity index (χ1n) is 8.08. The molecule has 0 amide bonds. The zero-order chi connectivity index (χ0) is 15.3. The van der Waals surface area contributed by atoms with Crippen LogP contribution in [0.2, 0.25) is 5.02 Å². The number of imidazole rings is 1. The Bertz CT molecular complexity index is 745. The molecule has 2 aliphatic carbocycles. The normalized spacial score (nSPS) is 24.6. The van der Waals surface area contributed by atoms with Gasteiger partial charge in [-0.05, 0) is 66.4 Å². The van der Waals surface area contributed by atoms with E-state index in [0.29, 0.717) is 6.04 Å². The highest BCUT2D eigenvalue weighted by Crippen LogP contribution is 2.50. The fourth-order valence-electron chi connectivity index (χ4n) is 4.32. The SMILES string of the molecule is CC(C1=Cc2c(Cl)ccc3c2C(C)(CCC3)C1)n1ccnc1. The Kier molecular flexibility index (Phi) is 3.19. The average molecular weight is 313 g/mol. The van der Waals surface area contributed by atoms with Gasteiger partial charge in [0.15, 0.2) is 0 Å². The van der Waals surface area contributed by atoms with Crippen LogP contribution in [0.5, 0.6) is 0 Å². The molecule has 2 nitrogen and oxygen atoms in total. The molecule has 22 heavy (non-hydrogen) atoms. The molecule has 2 aliphatic rings. The van der Waals surface area contributed by atoms with Crippen molar-refractivity contribution in [3.63, 3.8) is 0 Å². The van der Waals surface area contributed by atoms with Crippen LogP contribution in [0, 0.1) is 0 Å². The van der Waals surface area contributed by atoms with Gasteiger partial charge in [-0.15, -0.1) is 0 Å². The van der Waals surface area contributed by atoms with Gasteiger partial charge in [0.25, 0.3) is 0 Å². The van der Waals surface area contributed by atoms with Gasteiger partial charge in [-0.3, -0.25) is 0 Å². The van der Waals surface area contributed by atoms with Gasteiger partial charge in [0.2, 0.25) is 0 Å². The number of halogens is 1. The summed E-state index contributed by atoms with van der Waals surface area (Å²) in [5.74, 6) is 0. The second kappa shape index (κ2) is 4.99. The van der Waals surface area contributed by atoms with E-state index in [1.165, 1.54) is 41.5 Å². The second-order valence-electron chi connectivity index (χ2n) is 6.99. The summed E-state index contributed by atoms with van der Waals surface area (Å²) in [4.78, 5) is 4.19. The van der Waals surface area contributed by atoms with Crippen molar-refractivity contribution >= 4 is 17.7 Å². The van der Waals surface area contributed by atoms with Crippen molar-refractivity contribution in [1.29, 1.82) is 0 Å². The maximum Gasteiger partial charge on any atom is 0.0951 e. The summed E-state index contributed by atoms with van der Waals surface area (Å²) in [7, 11) is 0. The summed E-state index contributed by atoms with van der Waals surface area (Å²) in [5.41, 5.74) is 5.95. The summed E-state index contributed by atoms with van der Waals surface area (Å²) in [6.45, 7) is 4.67. The van der Waals surface area contributed by atoms with Gasteiger partial charge in [0.1, 0.15) is 0 Å². The Balaban J connectivity index is 1.87. The first-order chi connectivity index (χ1) is 10.6. The molecule has 0 aliphatic heterocycles. The highest BCUT2D eigenvalue weighted by Gasteiger charge is 2.38. The predicted octanol–water partition coefficient (Wildman–Crippen LogP) is 5.18. The first-order valence-corrected chi connectivity index (χ1v) is 8.46. The van der Waals surface area contributed by atoms with Gasteiger partial charge < -0.3 is 4.57 Å². The number of rotatable bonds is 2. The minimum atomic E-state index is 0.229. The van der Waals surface area contributed by atoms with Crippen molar-refractivity contribution < 1.29 is 0 Å². The van der Waals surface area contributed by atoms with Gasteiger partial charge >= 0.3 is 0 Å². The zero-order valence-electron chi connectivity index (χ0n) is 13.1. The fraction of sp³-hybridized carbons (Fsp3) is 0.421. The van der Waals surface area contributed by atoms with Crippen molar-refractivity contribution in [2.75, 3.05) is 0 Å². The van der Waals surface area contributed by atoms with E-state index in [2.05, 4.69) is 41.6 Å². The number of nitrogens with zero attached hydrogens (tertiary/aromatic N) is 2. The molecule has 0 saturated carbocycles. The van der Waals surface area contributed by atoms with E-state index in [4.69, 9.17) is 11.6 Å². The molecule has 1 aromatic carbocycles. The van der Waals surface area contributed by atoms with Crippen LogP contribution in [-0.4, -0.2) is 9.55 Å². The van der Waals surface area contributed by atoms with Crippen LogP contribution >= 0.6 is 11.6 Å². The molecule has 4 rings (SSSR count). The minimum Gasteiger partial charge on any atom is -0.331 e. The molecular weight excluding hydrogens is 292 g/mol. The van der Waals surface area contributed by atoms with Crippen molar-refractivity contribution in [2.45, 2.75) is 51.0 Å². The third kappa shape index (κ3) is 2.04. The van der Waals surface area contributed by atoms with Crippen molar-refractivity contribution in [1.82, 2.24) is 9.55 Å². The van der Waals surface area contributed by atoms with Gasteiger partial charge in [0, 0.05) is 17.4 Å². The van der Waals surface area contributed by atoms with Gasteiger partial charge in [-0.25, -0.2) is 4.98 Å². The average Bonchev–Trinajstić information content (AvgIpc) is 3.03. The maximum atomic E-state index is 6.55. The summed E-state index contributed by atoms with van der Waals surface area (Å²) in [5, 5.41) is 0.891. The Morgan fingerprint density at radius 1 is 1.36 bits per heavy atom. The molecule has 0 fully saturated rings. The lowest BCUT2D eigenvalue weighted by Crippen LogP contribution is -2.32. The Labute approximate surface area is 136 Å². The number of allylic oxidation sites excluding steroid dienone is 1. The van der Waals surface area contributed by atoms with E-state index >= 15 is 0 Å². The van der Waals surface area contributed by atoms with Crippen LogP contribution < -0.4 is 0 Å². The molecule has 0 spiro atoms. The topological polar surface area (TPSA) is 17.8 Å².